The third kappa shape index (κ3) is 2.48. The minimum absolute atomic E-state index is 0.0663. The van der Waals surface area contributed by atoms with Crippen molar-refractivity contribution in [3.63, 3.8) is 0 Å². The van der Waals surface area contributed by atoms with Crippen LogP contribution in [-0.2, 0) is 0 Å². The highest BCUT2D eigenvalue weighted by Crippen LogP contribution is 2.30. The van der Waals surface area contributed by atoms with Crippen molar-refractivity contribution < 1.29 is 5.11 Å². The number of anilines is 1. The molecule has 0 atom stereocenters. The predicted molar refractivity (Wildman–Crippen MR) is 81.0 cm³/mol. The molecule has 20 heavy (non-hydrogen) atoms. The molecule has 102 valence electrons. The Morgan fingerprint density at radius 2 is 2.25 bits per heavy atom. The zero-order chi connectivity index (χ0) is 13.9. The molecule has 0 bridgehead atoms. The molecule has 0 spiro atoms. The van der Waals surface area contributed by atoms with Crippen LogP contribution in [0.5, 0.6) is 0 Å². The fraction of sp³-hybridized carbons (Fsp3) is 0.214. The maximum Gasteiger partial charge on any atom is 0.164 e. The van der Waals surface area contributed by atoms with Gasteiger partial charge in [-0.2, -0.15) is 0 Å². The Hall–Kier alpha value is -2.05. The number of hydrogen-bond donors (Lipinski definition) is 2. The first-order chi connectivity index (χ1) is 9.78. The van der Waals surface area contributed by atoms with E-state index in [-0.39, 0.29) is 6.61 Å². The minimum atomic E-state index is 0.0663. The second-order valence-corrected chi connectivity index (χ2v) is 5.60. The van der Waals surface area contributed by atoms with E-state index in [9.17, 15) is 0 Å². The number of hydrogen-bond acceptors (Lipinski definition) is 6. The van der Waals surface area contributed by atoms with Crippen LogP contribution in [0.3, 0.4) is 0 Å². The van der Waals surface area contributed by atoms with Crippen LogP contribution >= 0.6 is 11.3 Å². The summed E-state index contributed by atoms with van der Waals surface area (Å²) in [7, 11) is 0. The number of rotatable bonds is 4. The van der Waals surface area contributed by atoms with E-state index in [2.05, 4.69) is 26.3 Å². The molecule has 3 heterocycles. The Kier molecular flexibility index (Phi) is 3.58. The molecular formula is C14H14N4OS. The summed E-state index contributed by atoms with van der Waals surface area (Å²) >= 11 is 1.63. The molecule has 0 amide bonds. The SMILES string of the molecule is Cc1cc2c(NCCO)nc(-c3cccnc3)nc2s1. The molecule has 6 heteroatoms. The van der Waals surface area contributed by atoms with E-state index in [0.29, 0.717) is 12.4 Å². The van der Waals surface area contributed by atoms with Gasteiger partial charge in [0.05, 0.1) is 12.0 Å². The Balaban J connectivity index is 2.14. The van der Waals surface area contributed by atoms with Crippen molar-refractivity contribution in [3.8, 4) is 11.4 Å². The third-order valence-electron chi connectivity index (χ3n) is 2.84. The summed E-state index contributed by atoms with van der Waals surface area (Å²) in [5, 5.41) is 13.1. The lowest BCUT2D eigenvalue weighted by molar-refractivity contribution is 0.311. The van der Waals surface area contributed by atoms with Gasteiger partial charge in [0.15, 0.2) is 5.82 Å². The van der Waals surface area contributed by atoms with Crippen molar-refractivity contribution in [2.45, 2.75) is 6.92 Å². The number of aliphatic hydroxyl groups is 1. The quantitative estimate of drug-likeness (QED) is 0.771. The monoisotopic (exact) mass is 286 g/mol. The van der Waals surface area contributed by atoms with Gasteiger partial charge in [-0.1, -0.05) is 0 Å². The van der Waals surface area contributed by atoms with Crippen molar-refractivity contribution in [2.75, 3.05) is 18.5 Å². The molecule has 3 rings (SSSR count). The summed E-state index contributed by atoms with van der Waals surface area (Å²) < 4.78 is 0. The van der Waals surface area contributed by atoms with Crippen LogP contribution in [0.1, 0.15) is 4.88 Å². The smallest absolute Gasteiger partial charge is 0.164 e. The highest BCUT2D eigenvalue weighted by molar-refractivity contribution is 7.18. The molecule has 0 unspecified atom stereocenters. The van der Waals surface area contributed by atoms with Crippen LogP contribution < -0.4 is 5.32 Å². The highest BCUT2D eigenvalue weighted by Gasteiger charge is 2.11. The average Bonchev–Trinajstić information content (AvgIpc) is 2.86. The van der Waals surface area contributed by atoms with Crippen molar-refractivity contribution in [1.29, 1.82) is 0 Å². The normalized spacial score (nSPS) is 10.9. The van der Waals surface area contributed by atoms with Gasteiger partial charge in [-0.05, 0) is 25.1 Å². The summed E-state index contributed by atoms with van der Waals surface area (Å²) in [6, 6.07) is 5.86. The van der Waals surface area contributed by atoms with E-state index in [1.165, 1.54) is 4.88 Å². The fourth-order valence-electron chi connectivity index (χ4n) is 1.98. The zero-order valence-electron chi connectivity index (χ0n) is 11.0. The third-order valence-corrected chi connectivity index (χ3v) is 3.78. The Bertz CT molecular complexity index is 727. The van der Waals surface area contributed by atoms with Gasteiger partial charge in [-0.3, -0.25) is 4.98 Å². The molecule has 0 radical (unpaired) electrons. The van der Waals surface area contributed by atoms with E-state index < -0.39 is 0 Å². The van der Waals surface area contributed by atoms with E-state index >= 15 is 0 Å². The molecule has 5 nitrogen and oxygen atoms in total. The minimum Gasteiger partial charge on any atom is -0.395 e. The Morgan fingerprint density at radius 3 is 3.00 bits per heavy atom. The van der Waals surface area contributed by atoms with E-state index in [4.69, 9.17) is 5.11 Å². The lowest BCUT2D eigenvalue weighted by atomic mass is 10.2. The first kappa shape index (κ1) is 13.0. The molecule has 3 aromatic heterocycles. The van der Waals surface area contributed by atoms with Gasteiger partial charge in [-0.25, -0.2) is 9.97 Å². The van der Waals surface area contributed by atoms with Gasteiger partial charge in [0.25, 0.3) is 0 Å². The maximum absolute atomic E-state index is 8.98. The van der Waals surface area contributed by atoms with Crippen molar-refractivity contribution in [3.05, 3.63) is 35.5 Å². The number of aliphatic hydroxyl groups excluding tert-OH is 1. The number of aryl methyl sites for hydroxylation is 1. The molecule has 0 aliphatic heterocycles. The first-order valence-electron chi connectivity index (χ1n) is 6.31. The molecule has 3 aromatic rings. The molecule has 0 fully saturated rings. The molecule has 2 N–H and O–H groups in total. The lowest BCUT2D eigenvalue weighted by Gasteiger charge is -2.07. The number of aromatic nitrogens is 3. The van der Waals surface area contributed by atoms with E-state index in [0.717, 1.165) is 21.6 Å². The standard InChI is InChI=1S/C14H14N4OS/c1-9-7-11-13(16-5-6-19)17-12(18-14(11)20-9)10-3-2-4-15-8-10/h2-4,7-8,19H,5-6H2,1H3,(H,16,17,18). The fourth-order valence-corrected chi connectivity index (χ4v) is 2.85. The van der Waals surface area contributed by atoms with Crippen LogP contribution in [0.2, 0.25) is 0 Å². The van der Waals surface area contributed by atoms with E-state index in [1.807, 2.05) is 19.1 Å². The molecule has 0 saturated heterocycles. The number of nitrogens with one attached hydrogen (secondary N) is 1. The van der Waals surface area contributed by atoms with Gasteiger partial charge >= 0.3 is 0 Å². The van der Waals surface area contributed by atoms with Gasteiger partial charge in [-0.15, -0.1) is 11.3 Å². The maximum atomic E-state index is 8.98. The number of fused-ring (bicyclic) bond motifs is 1. The number of thiophene rings is 1. The molecular weight excluding hydrogens is 272 g/mol. The van der Waals surface area contributed by atoms with Crippen molar-refractivity contribution in [1.82, 2.24) is 15.0 Å². The largest absolute Gasteiger partial charge is 0.395 e. The predicted octanol–water partition coefficient (Wildman–Crippen LogP) is 2.47. The molecule has 0 aromatic carbocycles. The van der Waals surface area contributed by atoms with Crippen LogP contribution in [0, 0.1) is 6.92 Å². The Labute approximate surface area is 120 Å². The summed E-state index contributed by atoms with van der Waals surface area (Å²) in [5.41, 5.74) is 0.882. The average molecular weight is 286 g/mol. The van der Waals surface area contributed by atoms with Crippen molar-refractivity contribution in [2.24, 2.45) is 0 Å². The van der Waals surface area contributed by atoms with Crippen LogP contribution in [-0.4, -0.2) is 33.2 Å². The van der Waals surface area contributed by atoms with Crippen LogP contribution in [0.25, 0.3) is 21.6 Å². The summed E-state index contributed by atoms with van der Waals surface area (Å²) in [6.07, 6.45) is 3.47. The second-order valence-electron chi connectivity index (χ2n) is 4.36. The van der Waals surface area contributed by atoms with Crippen molar-refractivity contribution >= 4 is 27.4 Å². The first-order valence-corrected chi connectivity index (χ1v) is 7.13. The summed E-state index contributed by atoms with van der Waals surface area (Å²) in [6.45, 7) is 2.58. The number of nitrogens with zero attached hydrogens (tertiary/aromatic N) is 3. The number of pyridine rings is 1. The molecule has 0 saturated carbocycles. The van der Waals surface area contributed by atoms with Crippen LogP contribution in [0.15, 0.2) is 30.6 Å². The van der Waals surface area contributed by atoms with Gasteiger partial charge < -0.3 is 10.4 Å². The second kappa shape index (κ2) is 5.52. The Morgan fingerprint density at radius 1 is 1.35 bits per heavy atom. The molecule has 0 aliphatic carbocycles. The summed E-state index contributed by atoms with van der Waals surface area (Å²) in [4.78, 5) is 15.4. The van der Waals surface area contributed by atoms with E-state index in [1.54, 1.807) is 23.7 Å². The van der Waals surface area contributed by atoms with Gasteiger partial charge in [0.1, 0.15) is 10.6 Å². The highest BCUT2D eigenvalue weighted by atomic mass is 32.1. The molecule has 0 aliphatic rings. The summed E-state index contributed by atoms with van der Waals surface area (Å²) in [5.74, 6) is 1.40. The lowest BCUT2D eigenvalue weighted by Crippen LogP contribution is -2.08. The zero-order valence-corrected chi connectivity index (χ0v) is 11.8. The topological polar surface area (TPSA) is 70.9 Å². The van der Waals surface area contributed by atoms with Gasteiger partial charge in [0.2, 0.25) is 0 Å². The van der Waals surface area contributed by atoms with Crippen LogP contribution in [0.4, 0.5) is 5.82 Å². The van der Waals surface area contributed by atoms with Gasteiger partial charge in [0, 0.05) is 29.4 Å².